The molecule has 1 heterocycles. The van der Waals surface area contributed by atoms with E-state index in [0.29, 0.717) is 24.3 Å². The zero-order valence-corrected chi connectivity index (χ0v) is 12.8. The number of benzene rings is 1. The van der Waals surface area contributed by atoms with E-state index >= 15 is 0 Å². The first-order valence-electron chi connectivity index (χ1n) is 6.04. The molecule has 0 aromatic heterocycles. The number of nitrogens with zero attached hydrogens (tertiary/aromatic N) is 1. The van der Waals surface area contributed by atoms with Gasteiger partial charge in [-0.1, -0.05) is 12.1 Å². The highest BCUT2D eigenvalue weighted by molar-refractivity contribution is 7.92. The molecular formula is C12H18ClN3O3S. The fourth-order valence-electron chi connectivity index (χ4n) is 2.00. The number of anilines is 1. The van der Waals surface area contributed by atoms with Crippen molar-refractivity contribution >= 4 is 34.0 Å². The number of nitrogens with one attached hydrogen (secondary N) is 2. The number of halogens is 1. The number of hydrogen-bond donors (Lipinski definition) is 2. The van der Waals surface area contributed by atoms with Crippen LogP contribution in [0.1, 0.15) is 10.4 Å². The van der Waals surface area contributed by atoms with Crippen molar-refractivity contribution in [2.45, 2.75) is 0 Å². The molecule has 2 N–H and O–H groups in total. The zero-order valence-electron chi connectivity index (χ0n) is 11.1. The number of sulfonamides is 1. The summed E-state index contributed by atoms with van der Waals surface area (Å²) in [6, 6.07) is 6.65. The van der Waals surface area contributed by atoms with Crippen molar-refractivity contribution in [1.29, 1.82) is 0 Å². The quantitative estimate of drug-likeness (QED) is 0.851. The first-order valence-corrected chi connectivity index (χ1v) is 7.93. The molecule has 1 amide bonds. The second-order valence-corrected chi connectivity index (χ2v) is 6.21. The van der Waals surface area contributed by atoms with Gasteiger partial charge in [-0.3, -0.25) is 9.52 Å². The Morgan fingerprint density at radius 2 is 1.85 bits per heavy atom. The van der Waals surface area contributed by atoms with Gasteiger partial charge in [0.25, 0.3) is 5.91 Å². The van der Waals surface area contributed by atoms with Gasteiger partial charge in [0, 0.05) is 26.2 Å². The Bertz CT molecular complexity index is 571. The first kappa shape index (κ1) is 16.7. The topological polar surface area (TPSA) is 78.5 Å². The molecule has 1 aromatic rings. The van der Waals surface area contributed by atoms with Crippen LogP contribution in [-0.4, -0.2) is 51.7 Å². The Morgan fingerprint density at radius 3 is 2.45 bits per heavy atom. The molecule has 2 rings (SSSR count). The van der Waals surface area contributed by atoms with Gasteiger partial charge in [-0.2, -0.15) is 0 Å². The summed E-state index contributed by atoms with van der Waals surface area (Å²) in [5.74, 6) is -0.145. The zero-order chi connectivity index (χ0) is 13.9. The van der Waals surface area contributed by atoms with Gasteiger partial charge in [-0.25, -0.2) is 8.42 Å². The van der Waals surface area contributed by atoms with Crippen LogP contribution in [0, 0.1) is 0 Å². The number of para-hydroxylation sites is 1. The average molecular weight is 320 g/mol. The third-order valence-electron chi connectivity index (χ3n) is 2.86. The van der Waals surface area contributed by atoms with E-state index in [4.69, 9.17) is 0 Å². The maximum atomic E-state index is 12.4. The van der Waals surface area contributed by atoms with Gasteiger partial charge in [0.05, 0.1) is 17.5 Å². The largest absolute Gasteiger partial charge is 0.336 e. The van der Waals surface area contributed by atoms with Gasteiger partial charge in [0.2, 0.25) is 10.0 Å². The molecule has 1 aromatic carbocycles. The lowest BCUT2D eigenvalue weighted by Gasteiger charge is -2.28. The van der Waals surface area contributed by atoms with Crippen molar-refractivity contribution in [2.75, 3.05) is 37.2 Å². The summed E-state index contributed by atoms with van der Waals surface area (Å²) in [6.07, 6.45) is 1.07. The molecule has 0 saturated carbocycles. The fraction of sp³-hybridized carbons (Fsp3) is 0.417. The van der Waals surface area contributed by atoms with Crippen molar-refractivity contribution in [2.24, 2.45) is 0 Å². The van der Waals surface area contributed by atoms with Gasteiger partial charge in [0.15, 0.2) is 0 Å². The van der Waals surface area contributed by atoms with E-state index in [0.717, 1.165) is 19.3 Å². The van der Waals surface area contributed by atoms with Gasteiger partial charge in [-0.05, 0) is 12.1 Å². The second-order valence-electron chi connectivity index (χ2n) is 4.46. The van der Waals surface area contributed by atoms with E-state index in [2.05, 4.69) is 10.0 Å². The van der Waals surface area contributed by atoms with E-state index in [1.807, 2.05) is 0 Å². The molecule has 0 unspecified atom stereocenters. The standard InChI is InChI=1S/C12H17N3O3S.ClH/c1-19(17,18)14-11-5-3-2-4-10(11)12(16)15-8-6-13-7-9-15;/h2-5,13-14H,6-9H2,1H3;1H. The summed E-state index contributed by atoms with van der Waals surface area (Å²) in [4.78, 5) is 14.1. The summed E-state index contributed by atoms with van der Waals surface area (Å²) in [6.45, 7) is 2.78. The number of carbonyl (C=O) groups excluding carboxylic acids is 1. The molecule has 0 spiro atoms. The lowest BCUT2D eigenvalue weighted by atomic mass is 10.1. The highest BCUT2D eigenvalue weighted by Crippen LogP contribution is 2.18. The molecule has 1 fully saturated rings. The SMILES string of the molecule is CS(=O)(=O)Nc1ccccc1C(=O)N1CCNCC1.Cl. The monoisotopic (exact) mass is 319 g/mol. The Morgan fingerprint density at radius 1 is 1.25 bits per heavy atom. The molecule has 0 bridgehead atoms. The van der Waals surface area contributed by atoms with E-state index in [-0.39, 0.29) is 18.3 Å². The molecular weight excluding hydrogens is 302 g/mol. The molecule has 1 aliphatic rings. The Hall–Kier alpha value is -1.31. The summed E-state index contributed by atoms with van der Waals surface area (Å²) in [5, 5.41) is 3.17. The molecule has 112 valence electrons. The number of rotatable bonds is 3. The van der Waals surface area contributed by atoms with Crippen molar-refractivity contribution in [3.05, 3.63) is 29.8 Å². The first-order chi connectivity index (χ1) is 8.97. The molecule has 8 heteroatoms. The van der Waals surface area contributed by atoms with Crippen LogP contribution < -0.4 is 10.0 Å². The van der Waals surface area contributed by atoms with Crippen molar-refractivity contribution in [1.82, 2.24) is 10.2 Å². The van der Waals surface area contributed by atoms with Gasteiger partial charge < -0.3 is 10.2 Å². The minimum atomic E-state index is -3.40. The Kier molecular flexibility index (Phi) is 5.79. The van der Waals surface area contributed by atoms with Gasteiger partial charge in [-0.15, -0.1) is 12.4 Å². The minimum Gasteiger partial charge on any atom is -0.336 e. The number of hydrogen-bond acceptors (Lipinski definition) is 4. The van der Waals surface area contributed by atoms with Crippen molar-refractivity contribution in [3.8, 4) is 0 Å². The van der Waals surface area contributed by atoms with Crippen LogP contribution in [0.15, 0.2) is 24.3 Å². The van der Waals surface area contributed by atoms with Crippen LogP contribution in [0.4, 0.5) is 5.69 Å². The summed E-state index contributed by atoms with van der Waals surface area (Å²) < 4.78 is 25.0. The highest BCUT2D eigenvalue weighted by atomic mass is 35.5. The van der Waals surface area contributed by atoms with Gasteiger partial charge >= 0.3 is 0 Å². The molecule has 0 aliphatic carbocycles. The fourth-order valence-corrected chi connectivity index (χ4v) is 2.57. The number of piperazine rings is 1. The summed E-state index contributed by atoms with van der Waals surface area (Å²) >= 11 is 0. The highest BCUT2D eigenvalue weighted by Gasteiger charge is 2.21. The predicted octanol–water partition coefficient (Wildman–Crippen LogP) is 0.525. The van der Waals surface area contributed by atoms with E-state index < -0.39 is 10.0 Å². The van der Waals surface area contributed by atoms with Crippen LogP contribution in [0.5, 0.6) is 0 Å². The molecule has 20 heavy (non-hydrogen) atoms. The molecule has 0 radical (unpaired) electrons. The third kappa shape index (κ3) is 4.36. The minimum absolute atomic E-state index is 0. The summed E-state index contributed by atoms with van der Waals surface area (Å²) in [7, 11) is -3.40. The maximum Gasteiger partial charge on any atom is 0.256 e. The molecule has 1 aliphatic heterocycles. The predicted molar refractivity (Wildman–Crippen MR) is 80.9 cm³/mol. The third-order valence-corrected chi connectivity index (χ3v) is 3.45. The maximum absolute atomic E-state index is 12.4. The van der Waals surface area contributed by atoms with E-state index in [1.54, 1.807) is 29.2 Å². The summed E-state index contributed by atoms with van der Waals surface area (Å²) in [5.41, 5.74) is 0.711. The number of carbonyl (C=O) groups is 1. The normalized spacial score (nSPS) is 15.3. The Balaban J connectivity index is 0.00000200. The van der Waals surface area contributed by atoms with Gasteiger partial charge in [0.1, 0.15) is 0 Å². The second kappa shape index (κ2) is 6.92. The molecule has 6 nitrogen and oxygen atoms in total. The van der Waals surface area contributed by atoms with Crippen LogP contribution in [0.25, 0.3) is 0 Å². The van der Waals surface area contributed by atoms with Crippen molar-refractivity contribution < 1.29 is 13.2 Å². The molecule has 1 saturated heterocycles. The average Bonchev–Trinajstić information content (AvgIpc) is 2.38. The van der Waals surface area contributed by atoms with Crippen molar-refractivity contribution in [3.63, 3.8) is 0 Å². The van der Waals surface area contributed by atoms with Crippen LogP contribution in [-0.2, 0) is 10.0 Å². The van der Waals surface area contributed by atoms with Crippen LogP contribution >= 0.6 is 12.4 Å². The lowest BCUT2D eigenvalue weighted by Crippen LogP contribution is -2.46. The van der Waals surface area contributed by atoms with Crippen LogP contribution in [0.2, 0.25) is 0 Å². The number of amides is 1. The lowest BCUT2D eigenvalue weighted by molar-refractivity contribution is 0.0737. The smallest absolute Gasteiger partial charge is 0.256 e. The molecule has 0 atom stereocenters. The van der Waals surface area contributed by atoms with E-state index in [1.165, 1.54) is 0 Å². The Labute approximate surface area is 125 Å². The van der Waals surface area contributed by atoms with E-state index in [9.17, 15) is 13.2 Å². The van der Waals surface area contributed by atoms with Crippen LogP contribution in [0.3, 0.4) is 0 Å².